The molecule has 0 aliphatic heterocycles. The van der Waals surface area contributed by atoms with Gasteiger partial charge in [0.15, 0.2) is 0 Å². The van der Waals surface area contributed by atoms with E-state index >= 15 is 0 Å². The summed E-state index contributed by atoms with van der Waals surface area (Å²) in [5.74, 6) is -0.0749. The molecule has 0 spiro atoms. The molecule has 2 aromatic rings. The summed E-state index contributed by atoms with van der Waals surface area (Å²) in [7, 11) is 0. The lowest BCUT2D eigenvalue weighted by atomic mass is 10.4. The number of nitro groups is 1. The Morgan fingerprint density at radius 2 is 1.94 bits per heavy atom. The van der Waals surface area contributed by atoms with Crippen molar-refractivity contribution in [3.05, 3.63) is 46.8 Å². The number of nitrogens with zero attached hydrogens (tertiary/aromatic N) is 3. The molecule has 0 aliphatic rings. The summed E-state index contributed by atoms with van der Waals surface area (Å²) in [6, 6.07) is 6.57. The van der Waals surface area contributed by atoms with E-state index in [0.717, 1.165) is 4.90 Å². The van der Waals surface area contributed by atoms with Gasteiger partial charge in [-0.15, -0.1) is 0 Å². The second-order valence-electron chi connectivity index (χ2n) is 3.10. The van der Waals surface area contributed by atoms with Crippen molar-refractivity contribution >= 4 is 23.3 Å². The van der Waals surface area contributed by atoms with Gasteiger partial charge < -0.3 is 5.73 Å². The maximum absolute atomic E-state index is 10.6. The zero-order valence-electron chi connectivity index (χ0n) is 8.61. The van der Waals surface area contributed by atoms with E-state index in [1.807, 2.05) is 12.1 Å². The fourth-order valence-electron chi connectivity index (χ4n) is 1.19. The monoisotopic (exact) mass is 248 g/mol. The van der Waals surface area contributed by atoms with Crippen molar-refractivity contribution in [3.63, 3.8) is 0 Å². The van der Waals surface area contributed by atoms with Crippen LogP contribution in [0.2, 0.25) is 0 Å². The summed E-state index contributed by atoms with van der Waals surface area (Å²) in [5.41, 5.74) is 5.32. The van der Waals surface area contributed by atoms with Crippen LogP contribution in [-0.4, -0.2) is 14.9 Å². The van der Waals surface area contributed by atoms with Crippen LogP contribution in [0.15, 0.2) is 46.6 Å². The molecule has 0 radical (unpaired) electrons. The van der Waals surface area contributed by atoms with E-state index in [-0.39, 0.29) is 11.5 Å². The minimum Gasteiger partial charge on any atom is -0.378 e. The van der Waals surface area contributed by atoms with Crippen molar-refractivity contribution in [3.8, 4) is 0 Å². The molecule has 6 nitrogen and oxygen atoms in total. The van der Waals surface area contributed by atoms with Crippen molar-refractivity contribution in [2.45, 2.75) is 9.92 Å². The molecule has 0 atom stereocenters. The number of nitrogens with two attached hydrogens (primary N) is 1. The summed E-state index contributed by atoms with van der Waals surface area (Å²) in [5, 5.41) is 11.2. The Kier molecular flexibility index (Phi) is 3.20. The molecule has 17 heavy (non-hydrogen) atoms. The molecule has 7 heteroatoms. The predicted octanol–water partition coefficient (Wildman–Crippen LogP) is 2.12. The molecule has 2 heterocycles. The lowest BCUT2D eigenvalue weighted by Crippen LogP contribution is -1.98. The Morgan fingerprint density at radius 1 is 1.24 bits per heavy atom. The standard InChI is InChI=1S/C10H8N4O2S/c11-10-8(14(15)16)1-2-9(13-10)17-7-3-5-12-6-4-7/h1-6H,(H2,11,13). The molecular formula is C10H8N4O2S. The summed E-state index contributed by atoms with van der Waals surface area (Å²) >= 11 is 1.37. The van der Waals surface area contributed by atoms with Crippen LogP contribution in [0.1, 0.15) is 0 Å². The van der Waals surface area contributed by atoms with Crippen LogP contribution >= 0.6 is 11.8 Å². The number of aromatic nitrogens is 2. The van der Waals surface area contributed by atoms with E-state index in [4.69, 9.17) is 5.73 Å². The topological polar surface area (TPSA) is 94.9 Å². The average molecular weight is 248 g/mol. The lowest BCUT2D eigenvalue weighted by molar-refractivity contribution is -0.384. The molecule has 0 unspecified atom stereocenters. The smallest absolute Gasteiger partial charge is 0.311 e. The second-order valence-corrected chi connectivity index (χ2v) is 4.19. The first-order valence-electron chi connectivity index (χ1n) is 4.65. The van der Waals surface area contributed by atoms with Gasteiger partial charge in [-0.2, -0.15) is 0 Å². The molecule has 2 aromatic heterocycles. The van der Waals surface area contributed by atoms with Crippen LogP contribution in [0.25, 0.3) is 0 Å². The number of hydrogen-bond donors (Lipinski definition) is 1. The fourth-order valence-corrected chi connectivity index (χ4v) is 1.97. The summed E-state index contributed by atoms with van der Waals surface area (Å²) < 4.78 is 0. The summed E-state index contributed by atoms with van der Waals surface area (Å²) in [4.78, 5) is 18.8. The van der Waals surface area contributed by atoms with Crippen LogP contribution in [0.3, 0.4) is 0 Å². The van der Waals surface area contributed by atoms with Crippen molar-refractivity contribution in [2.75, 3.05) is 5.73 Å². The van der Waals surface area contributed by atoms with Gasteiger partial charge in [0, 0.05) is 23.4 Å². The molecule has 0 aliphatic carbocycles. The Balaban J connectivity index is 2.24. The number of hydrogen-bond acceptors (Lipinski definition) is 6. The molecular weight excluding hydrogens is 240 g/mol. The molecule has 0 saturated carbocycles. The number of pyridine rings is 2. The first kappa shape index (κ1) is 11.3. The molecule has 0 amide bonds. The van der Waals surface area contributed by atoms with E-state index in [0.29, 0.717) is 5.03 Å². The van der Waals surface area contributed by atoms with E-state index < -0.39 is 4.92 Å². The van der Waals surface area contributed by atoms with Crippen LogP contribution < -0.4 is 5.73 Å². The molecule has 2 rings (SSSR count). The Labute approximate surface area is 101 Å². The summed E-state index contributed by atoms with van der Waals surface area (Å²) in [6.45, 7) is 0. The van der Waals surface area contributed by atoms with E-state index in [1.54, 1.807) is 18.5 Å². The number of anilines is 1. The second kappa shape index (κ2) is 4.79. The highest BCUT2D eigenvalue weighted by atomic mass is 32.2. The Bertz CT molecular complexity index is 547. The quantitative estimate of drug-likeness (QED) is 0.660. The Hall–Kier alpha value is -2.15. The molecule has 0 bridgehead atoms. The first-order valence-corrected chi connectivity index (χ1v) is 5.47. The SMILES string of the molecule is Nc1nc(Sc2ccncc2)ccc1[N+](=O)[O-]. The third-order valence-corrected chi connectivity index (χ3v) is 2.89. The van der Waals surface area contributed by atoms with Gasteiger partial charge in [0.25, 0.3) is 0 Å². The van der Waals surface area contributed by atoms with Gasteiger partial charge in [-0.1, -0.05) is 11.8 Å². The molecule has 2 N–H and O–H groups in total. The van der Waals surface area contributed by atoms with Crippen molar-refractivity contribution in [2.24, 2.45) is 0 Å². The zero-order valence-corrected chi connectivity index (χ0v) is 9.42. The van der Waals surface area contributed by atoms with Crippen LogP contribution in [0, 0.1) is 10.1 Å². The molecule has 0 aromatic carbocycles. The zero-order chi connectivity index (χ0) is 12.3. The van der Waals surface area contributed by atoms with Crippen molar-refractivity contribution in [1.82, 2.24) is 9.97 Å². The van der Waals surface area contributed by atoms with Crippen LogP contribution in [0.4, 0.5) is 11.5 Å². The van der Waals surface area contributed by atoms with Gasteiger partial charge >= 0.3 is 5.69 Å². The van der Waals surface area contributed by atoms with Crippen LogP contribution in [0.5, 0.6) is 0 Å². The maximum Gasteiger partial charge on any atom is 0.311 e. The maximum atomic E-state index is 10.6. The largest absolute Gasteiger partial charge is 0.378 e. The Morgan fingerprint density at radius 3 is 2.53 bits per heavy atom. The van der Waals surface area contributed by atoms with Gasteiger partial charge in [0.05, 0.1) is 4.92 Å². The molecule has 0 saturated heterocycles. The third-order valence-electron chi connectivity index (χ3n) is 1.95. The van der Waals surface area contributed by atoms with Gasteiger partial charge in [0.1, 0.15) is 5.03 Å². The van der Waals surface area contributed by atoms with Gasteiger partial charge in [-0.05, 0) is 18.2 Å². The highest BCUT2D eigenvalue weighted by Crippen LogP contribution is 2.28. The molecule has 0 fully saturated rings. The minimum atomic E-state index is -0.552. The van der Waals surface area contributed by atoms with Gasteiger partial charge in [0.2, 0.25) is 5.82 Å². The highest BCUT2D eigenvalue weighted by Gasteiger charge is 2.13. The van der Waals surface area contributed by atoms with E-state index in [1.165, 1.54) is 17.8 Å². The van der Waals surface area contributed by atoms with E-state index in [9.17, 15) is 10.1 Å². The number of rotatable bonds is 3. The van der Waals surface area contributed by atoms with Crippen molar-refractivity contribution < 1.29 is 4.92 Å². The number of nitrogen functional groups attached to an aromatic ring is 1. The van der Waals surface area contributed by atoms with Crippen LogP contribution in [-0.2, 0) is 0 Å². The minimum absolute atomic E-state index is 0.0749. The van der Waals surface area contributed by atoms with Crippen molar-refractivity contribution in [1.29, 1.82) is 0 Å². The highest BCUT2D eigenvalue weighted by molar-refractivity contribution is 7.99. The fraction of sp³-hybridized carbons (Fsp3) is 0. The van der Waals surface area contributed by atoms with Gasteiger partial charge in [-0.3, -0.25) is 15.1 Å². The summed E-state index contributed by atoms with van der Waals surface area (Å²) in [6.07, 6.45) is 3.33. The predicted molar refractivity (Wildman–Crippen MR) is 63.7 cm³/mol. The lowest BCUT2D eigenvalue weighted by Gasteiger charge is -2.01. The normalized spacial score (nSPS) is 10.1. The molecule has 86 valence electrons. The third kappa shape index (κ3) is 2.70. The average Bonchev–Trinajstić information content (AvgIpc) is 2.30. The first-order chi connectivity index (χ1) is 8.16. The van der Waals surface area contributed by atoms with E-state index in [2.05, 4.69) is 9.97 Å². The van der Waals surface area contributed by atoms with Gasteiger partial charge in [-0.25, -0.2) is 4.98 Å².